The minimum atomic E-state index is -3.20. The van der Waals surface area contributed by atoms with Gasteiger partial charge in [0.2, 0.25) is 0 Å². The standard InChI is InChI=1S/C22H23FN2O5S2/c1-13-4-6-15(10-16(13)23)25-17-11-32(27,28)12-20(17)31-22(25)24-21(26)9-14-5-7-18(29-2)19(8-14)30-3/h4-8,10,17,20H,9,11-12H2,1-3H3/t17-,20+/m1/s1. The molecule has 2 aromatic carbocycles. The fourth-order valence-electron chi connectivity index (χ4n) is 3.91. The van der Waals surface area contributed by atoms with E-state index >= 15 is 0 Å². The van der Waals surface area contributed by atoms with Crippen LogP contribution in [0.3, 0.4) is 0 Å². The molecule has 0 aromatic heterocycles. The highest BCUT2D eigenvalue weighted by atomic mass is 32.2. The largest absolute Gasteiger partial charge is 0.493 e. The lowest BCUT2D eigenvalue weighted by Crippen LogP contribution is -2.37. The highest BCUT2D eigenvalue weighted by Crippen LogP contribution is 2.41. The van der Waals surface area contributed by atoms with Gasteiger partial charge in [-0.05, 0) is 42.3 Å². The normalized spacial score (nSPS) is 22.8. The molecule has 0 unspecified atom stereocenters. The number of amides is 1. The van der Waals surface area contributed by atoms with Crippen LogP contribution in [0.4, 0.5) is 10.1 Å². The predicted molar refractivity (Wildman–Crippen MR) is 123 cm³/mol. The van der Waals surface area contributed by atoms with Gasteiger partial charge in [0.05, 0.1) is 38.2 Å². The molecule has 0 N–H and O–H groups in total. The number of rotatable bonds is 5. The van der Waals surface area contributed by atoms with Crippen LogP contribution in [0.1, 0.15) is 11.1 Å². The van der Waals surface area contributed by atoms with E-state index in [1.165, 1.54) is 32.0 Å². The Balaban J connectivity index is 1.63. The van der Waals surface area contributed by atoms with Crippen molar-refractivity contribution in [1.82, 2.24) is 0 Å². The molecule has 2 heterocycles. The van der Waals surface area contributed by atoms with Crippen LogP contribution in [0.2, 0.25) is 0 Å². The minimum absolute atomic E-state index is 0.00999. The number of carbonyl (C=O) groups excluding carboxylic acids is 1. The number of nitrogens with zero attached hydrogens (tertiary/aromatic N) is 2. The molecule has 7 nitrogen and oxygen atoms in total. The molecule has 0 aliphatic carbocycles. The van der Waals surface area contributed by atoms with Crippen LogP contribution in [0.5, 0.6) is 11.5 Å². The number of hydrogen-bond acceptors (Lipinski definition) is 6. The minimum Gasteiger partial charge on any atom is -0.493 e. The first kappa shape index (κ1) is 22.6. The van der Waals surface area contributed by atoms with Crippen molar-refractivity contribution in [2.24, 2.45) is 4.99 Å². The van der Waals surface area contributed by atoms with Crippen molar-refractivity contribution in [3.05, 3.63) is 53.3 Å². The van der Waals surface area contributed by atoms with E-state index in [0.717, 1.165) is 0 Å². The molecule has 0 radical (unpaired) electrons. The number of amidine groups is 1. The molecule has 32 heavy (non-hydrogen) atoms. The molecule has 2 aliphatic rings. The zero-order chi connectivity index (χ0) is 23.0. The van der Waals surface area contributed by atoms with Gasteiger partial charge < -0.3 is 14.4 Å². The average molecular weight is 479 g/mol. The van der Waals surface area contributed by atoms with Crippen LogP contribution in [-0.2, 0) is 21.1 Å². The maximum absolute atomic E-state index is 14.3. The van der Waals surface area contributed by atoms with Crippen molar-refractivity contribution in [3.63, 3.8) is 0 Å². The van der Waals surface area contributed by atoms with Crippen molar-refractivity contribution in [3.8, 4) is 11.5 Å². The third kappa shape index (κ3) is 4.47. The van der Waals surface area contributed by atoms with Crippen LogP contribution in [0.25, 0.3) is 0 Å². The molecule has 1 amide bonds. The van der Waals surface area contributed by atoms with Crippen molar-refractivity contribution >= 4 is 38.4 Å². The fourth-order valence-corrected chi connectivity index (χ4v) is 7.84. The number of aryl methyl sites for hydroxylation is 1. The molecule has 2 atom stereocenters. The first-order valence-electron chi connectivity index (χ1n) is 9.95. The van der Waals surface area contributed by atoms with Crippen molar-refractivity contribution in [2.75, 3.05) is 30.6 Å². The summed E-state index contributed by atoms with van der Waals surface area (Å²) in [5, 5.41) is 0.139. The van der Waals surface area contributed by atoms with Crippen molar-refractivity contribution < 1.29 is 27.1 Å². The summed E-state index contributed by atoms with van der Waals surface area (Å²) >= 11 is 1.26. The number of methoxy groups -OCH3 is 2. The van der Waals surface area contributed by atoms with E-state index < -0.39 is 15.7 Å². The molecule has 170 valence electrons. The Kier molecular flexibility index (Phi) is 6.17. The van der Waals surface area contributed by atoms with Crippen LogP contribution >= 0.6 is 11.8 Å². The van der Waals surface area contributed by atoms with Crippen LogP contribution in [-0.4, -0.2) is 56.5 Å². The lowest BCUT2D eigenvalue weighted by molar-refractivity contribution is -0.117. The molecular formula is C22H23FN2O5S2. The third-order valence-corrected chi connectivity index (χ3v) is 8.73. The summed E-state index contributed by atoms with van der Waals surface area (Å²) < 4.78 is 49.1. The number of anilines is 1. The molecule has 2 aliphatic heterocycles. The van der Waals surface area contributed by atoms with Gasteiger partial charge in [0, 0.05) is 10.9 Å². The van der Waals surface area contributed by atoms with E-state index in [2.05, 4.69) is 4.99 Å². The summed E-state index contributed by atoms with van der Waals surface area (Å²) in [6, 6.07) is 9.52. The van der Waals surface area contributed by atoms with Gasteiger partial charge in [0.1, 0.15) is 5.82 Å². The van der Waals surface area contributed by atoms with Gasteiger partial charge in [-0.3, -0.25) is 4.79 Å². The summed E-state index contributed by atoms with van der Waals surface area (Å²) in [4.78, 5) is 18.8. The SMILES string of the molecule is COc1ccc(CC(=O)N=C2S[C@H]3CS(=O)(=O)C[C@H]3N2c2ccc(C)c(F)c2)cc1OC. The second-order valence-electron chi connectivity index (χ2n) is 7.76. The second kappa shape index (κ2) is 8.74. The summed E-state index contributed by atoms with van der Waals surface area (Å²) in [7, 11) is -0.150. The van der Waals surface area contributed by atoms with Gasteiger partial charge in [0.15, 0.2) is 26.5 Å². The quantitative estimate of drug-likeness (QED) is 0.653. The van der Waals surface area contributed by atoms with Gasteiger partial charge in [-0.25, -0.2) is 12.8 Å². The van der Waals surface area contributed by atoms with Crippen molar-refractivity contribution in [2.45, 2.75) is 24.6 Å². The average Bonchev–Trinajstić information content (AvgIpc) is 3.20. The number of aliphatic imine (C=N–C) groups is 1. The van der Waals surface area contributed by atoms with Gasteiger partial charge in [0.25, 0.3) is 5.91 Å². The molecule has 0 bridgehead atoms. The molecule has 2 fully saturated rings. The number of thioether (sulfide) groups is 1. The van der Waals surface area contributed by atoms with E-state index in [4.69, 9.17) is 9.47 Å². The van der Waals surface area contributed by atoms with E-state index in [-0.39, 0.29) is 35.1 Å². The zero-order valence-electron chi connectivity index (χ0n) is 17.9. The Morgan fingerprint density at radius 3 is 2.59 bits per heavy atom. The smallest absolute Gasteiger partial charge is 0.252 e. The first-order valence-corrected chi connectivity index (χ1v) is 12.7. The predicted octanol–water partition coefficient (Wildman–Crippen LogP) is 3.00. The molecule has 0 saturated carbocycles. The lowest BCUT2D eigenvalue weighted by atomic mass is 10.1. The fraction of sp³-hybridized carbons (Fsp3) is 0.364. The van der Waals surface area contributed by atoms with E-state index in [1.807, 2.05) is 0 Å². The molecule has 2 aromatic rings. The number of benzene rings is 2. The summed E-state index contributed by atoms with van der Waals surface area (Å²) in [5.41, 5.74) is 1.68. The Morgan fingerprint density at radius 2 is 1.91 bits per heavy atom. The highest BCUT2D eigenvalue weighted by Gasteiger charge is 2.49. The molecule has 0 spiro atoms. The van der Waals surface area contributed by atoms with E-state index in [9.17, 15) is 17.6 Å². The van der Waals surface area contributed by atoms with Crippen molar-refractivity contribution in [1.29, 1.82) is 0 Å². The topological polar surface area (TPSA) is 85.3 Å². The van der Waals surface area contributed by atoms with Gasteiger partial charge in [-0.15, -0.1) is 0 Å². The number of hydrogen-bond donors (Lipinski definition) is 0. The molecule has 4 rings (SSSR count). The summed E-state index contributed by atoms with van der Waals surface area (Å²) in [6.07, 6.45) is 0.0359. The Labute approximate surface area is 190 Å². The summed E-state index contributed by atoms with van der Waals surface area (Å²) in [6.45, 7) is 1.66. The molecule has 10 heteroatoms. The van der Waals surface area contributed by atoms with Gasteiger partial charge in [-0.2, -0.15) is 4.99 Å². The Morgan fingerprint density at radius 1 is 1.16 bits per heavy atom. The van der Waals surface area contributed by atoms with E-state index in [1.54, 1.807) is 42.2 Å². The van der Waals surface area contributed by atoms with Crippen LogP contribution in [0.15, 0.2) is 41.4 Å². The van der Waals surface area contributed by atoms with Gasteiger partial charge >= 0.3 is 0 Å². The maximum Gasteiger partial charge on any atom is 0.252 e. The number of carbonyl (C=O) groups is 1. The third-order valence-electron chi connectivity index (χ3n) is 5.52. The highest BCUT2D eigenvalue weighted by molar-refractivity contribution is 8.16. The first-order chi connectivity index (χ1) is 15.2. The molecule has 2 saturated heterocycles. The Hall–Kier alpha value is -2.59. The second-order valence-corrected chi connectivity index (χ2v) is 11.1. The van der Waals surface area contributed by atoms with Gasteiger partial charge in [-0.1, -0.05) is 23.9 Å². The monoisotopic (exact) mass is 478 g/mol. The number of ether oxygens (including phenoxy) is 2. The number of fused-ring (bicyclic) bond motifs is 1. The van der Waals surface area contributed by atoms with Crippen LogP contribution in [0, 0.1) is 12.7 Å². The maximum atomic E-state index is 14.3. The van der Waals surface area contributed by atoms with E-state index in [0.29, 0.717) is 33.5 Å². The molecular weight excluding hydrogens is 455 g/mol. The zero-order valence-corrected chi connectivity index (χ0v) is 19.5. The summed E-state index contributed by atoms with van der Waals surface area (Å²) in [5.74, 6) is 0.243. The number of halogens is 1. The lowest BCUT2D eigenvalue weighted by Gasteiger charge is -2.24. The Bertz CT molecular complexity index is 1200. The van der Waals surface area contributed by atoms with Crippen LogP contribution < -0.4 is 14.4 Å². The number of sulfone groups is 1.